The summed E-state index contributed by atoms with van der Waals surface area (Å²) in [5, 5.41) is 11.0. The van der Waals surface area contributed by atoms with Crippen molar-refractivity contribution in [2.75, 3.05) is 0 Å². The van der Waals surface area contributed by atoms with Crippen molar-refractivity contribution in [3.63, 3.8) is 0 Å². The first-order chi connectivity index (χ1) is 12.9. The Balaban J connectivity index is 2.10. The summed E-state index contributed by atoms with van der Waals surface area (Å²) in [6, 6.07) is 12.5. The lowest BCUT2D eigenvalue weighted by Crippen LogP contribution is -2.01. The lowest BCUT2D eigenvalue weighted by atomic mass is 10.0. The predicted octanol–water partition coefficient (Wildman–Crippen LogP) is 5.57. The van der Waals surface area contributed by atoms with Crippen LogP contribution in [-0.4, -0.2) is 4.92 Å². The average Bonchev–Trinajstić information content (AvgIpc) is 2.64. The third-order valence-corrected chi connectivity index (χ3v) is 4.02. The van der Waals surface area contributed by atoms with E-state index in [9.17, 15) is 23.3 Å². The van der Waals surface area contributed by atoms with Crippen molar-refractivity contribution in [3.05, 3.63) is 93.3 Å². The van der Waals surface area contributed by atoms with E-state index in [-0.39, 0.29) is 29.0 Å². The Morgan fingerprint density at radius 2 is 1.59 bits per heavy atom. The van der Waals surface area contributed by atoms with E-state index >= 15 is 0 Å². The highest BCUT2D eigenvalue weighted by atomic mass is 19.1. The molecule has 0 saturated heterocycles. The van der Waals surface area contributed by atoms with Crippen LogP contribution in [0.2, 0.25) is 0 Å². The van der Waals surface area contributed by atoms with Crippen molar-refractivity contribution in [3.8, 4) is 16.9 Å². The molecule has 0 heterocycles. The van der Waals surface area contributed by atoms with Gasteiger partial charge in [0, 0.05) is 11.1 Å². The molecule has 27 heavy (non-hydrogen) atoms. The lowest BCUT2D eigenvalue weighted by Gasteiger charge is -2.14. The van der Waals surface area contributed by atoms with Crippen LogP contribution in [0, 0.1) is 34.5 Å². The molecule has 0 bridgehead atoms. The minimum absolute atomic E-state index is 0.0204. The Kier molecular flexibility index (Phi) is 5.12. The zero-order valence-corrected chi connectivity index (χ0v) is 14.2. The molecule has 0 spiro atoms. The molecule has 0 unspecified atom stereocenters. The smallest absolute Gasteiger partial charge is 0.308 e. The van der Waals surface area contributed by atoms with Crippen LogP contribution < -0.4 is 4.74 Å². The van der Waals surface area contributed by atoms with Crippen LogP contribution >= 0.6 is 0 Å². The van der Waals surface area contributed by atoms with Crippen molar-refractivity contribution in [1.29, 1.82) is 0 Å². The summed E-state index contributed by atoms with van der Waals surface area (Å²) in [7, 11) is 0. The standard InChI is InChI=1S/C20H14F3NO3/c1-12-7-17(22)14(8-16(12)21)15-9-18(23)19(24(25)26)10-20(15)27-11-13-5-3-2-4-6-13/h2-10H,11H2,1H3. The van der Waals surface area contributed by atoms with Gasteiger partial charge in [-0.15, -0.1) is 0 Å². The van der Waals surface area contributed by atoms with Gasteiger partial charge in [-0.1, -0.05) is 30.3 Å². The number of hydrogen-bond acceptors (Lipinski definition) is 3. The molecule has 7 heteroatoms. The molecule has 0 N–H and O–H groups in total. The second-order valence-corrected chi connectivity index (χ2v) is 5.91. The molecule has 3 aromatic carbocycles. The van der Waals surface area contributed by atoms with Gasteiger partial charge in [0.1, 0.15) is 24.0 Å². The monoisotopic (exact) mass is 373 g/mol. The number of benzene rings is 3. The van der Waals surface area contributed by atoms with Gasteiger partial charge in [-0.05, 0) is 36.2 Å². The number of nitro benzene ring substituents is 1. The van der Waals surface area contributed by atoms with Gasteiger partial charge in [-0.3, -0.25) is 10.1 Å². The molecule has 4 nitrogen and oxygen atoms in total. The van der Waals surface area contributed by atoms with Crippen LogP contribution in [0.25, 0.3) is 11.1 Å². The fourth-order valence-electron chi connectivity index (χ4n) is 2.60. The quantitative estimate of drug-likeness (QED) is 0.434. The maximum Gasteiger partial charge on any atom is 0.308 e. The molecule has 0 saturated carbocycles. The first kappa shape index (κ1) is 18.4. The van der Waals surface area contributed by atoms with Crippen LogP contribution in [-0.2, 0) is 6.61 Å². The molecule has 0 aromatic heterocycles. The molecule has 0 fully saturated rings. The Hall–Kier alpha value is -3.35. The molecule has 0 aliphatic carbocycles. The normalized spacial score (nSPS) is 10.7. The van der Waals surface area contributed by atoms with E-state index in [2.05, 4.69) is 0 Å². The molecule has 0 atom stereocenters. The fourth-order valence-corrected chi connectivity index (χ4v) is 2.60. The van der Waals surface area contributed by atoms with Crippen LogP contribution in [0.4, 0.5) is 18.9 Å². The molecule has 3 aromatic rings. The third-order valence-electron chi connectivity index (χ3n) is 4.02. The second-order valence-electron chi connectivity index (χ2n) is 5.91. The van der Waals surface area contributed by atoms with Crippen LogP contribution in [0.3, 0.4) is 0 Å². The zero-order valence-electron chi connectivity index (χ0n) is 14.2. The summed E-state index contributed by atoms with van der Waals surface area (Å²) < 4.78 is 48.0. The molecule has 0 aliphatic rings. The summed E-state index contributed by atoms with van der Waals surface area (Å²) in [5.74, 6) is -2.75. The number of hydrogen-bond donors (Lipinski definition) is 0. The SMILES string of the molecule is Cc1cc(F)c(-c2cc(F)c([N+](=O)[O-])cc2OCc2ccccc2)cc1F. The number of nitro groups is 1. The van der Waals surface area contributed by atoms with E-state index in [4.69, 9.17) is 4.74 Å². The summed E-state index contributed by atoms with van der Waals surface area (Å²) >= 11 is 0. The van der Waals surface area contributed by atoms with Crippen LogP contribution in [0.5, 0.6) is 5.75 Å². The van der Waals surface area contributed by atoms with E-state index in [0.29, 0.717) is 0 Å². The Bertz CT molecular complexity index is 1010. The number of rotatable bonds is 5. The van der Waals surface area contributed by atoms with Gasteiger partial charge in [0.2, 0.25) is 5.82 Å². The summed E-state index contributed by atoms with van der Waals surface area (Å²) in [6.07, 6.45) is 0. The van der Waals surface area contributed by atoms with E-state index in [1.54, 1.807) is 24.3 Å². The first-order valence-electron chi connectivity index (χ1n) is 7.97. The highest BCUT2D eigenvalue weighted by molar-refractivity contribution is 5.73. The number of halogens is 3. The van der Waals surface area contributed by atoms with Gasteiger partial charge < -0.3 is 4.74 Å². The van der Waals surface area contributed by atoms with Gasteiger partial charge in [-0.2, -0.15) is 4.39 Å². The van der Waals surface area contributed by atoms with Gasteiger partial charge in [0.15, 0.2) is 0 Å². The maximum atomic E-state index is 14.4. The Labute approximate surface area is 153 Å². The van der Waals surface area contributed by atoms with Crippen LogP contribution in [0.15, 0.2) is 54.6 Å². The predicted molar refractivity (Wildman–Crippen MR) is 93.9 cm³/mol. The Morgan fingerprint density at radius 3 is 2.26 bits per heavy atom. The topological polar surface area (TPSA) is 52.4 Å². The summed E-state index contributed by atoms with van der Waals surface area (Å²) in [6.45, 7) is 1.41. The maximum absolute atomic E-state index is 14.4. The largest absolute Gasteiger partial charge is 0.488 e. The molecular formula is C20H14F3NO3. The van der Waals surface area contributed by atoms with Gasteiger partial charge in [-0.25, -0.2) is 8.78 Å². The lowest BCUT2D eigenvalue weighted by molar-refractivity contribution is -0.387. The average molecular weight is 373 g/mol. The number of aryl methyl sites for hydroxylation is 1. The van der Waals surface area contributed by atoms with Gasteiger partial charge >= 0.3 is 5.69 Å². The fraction of sp³-hybridized carbons (Fsp3) is 0.100. The van der Waals surface area contributed by atoms with Crippen molar-refractivity contribution in [2.24, 2.45) is 0 Å². The van der Waals surface area contributed by atoms with E-state index < -0.39 is 28.1 Å². The van der Waals surface area contributed by atoms with E-state index in [1.807, 2.05) is 6.07 Å². The van der Waals surface area contributed by atoms with E-state index in [0.717, 1.165) is 29.8 Å². The van der Waals surface area contributed by atoms with Crippen LogP contribution in [0.1, 0.15) is 11.1 Å². The Morgan fingerprint density at radius 1 is 0.926 bits per heavy atom. The van der Waals surface area contributed by atoms with Crippen molar-refractivity contribution in [1.82, 2.24) is 0 Å². The highest BCUT2D eigenvalue weighted by Gasteiger charge is 2.22. The third kappa shape index (κ3) is 3.92. The zero-order chi connectivity index (χ0) is 19.6. The van der Waals surface area contributed by atoms with Crippen molar-refractivity contribution >= 4 is 5.69 Å². The molecular weight excluding hydrogens is 359 g/mol. The summed E-state index contributed by atoms with van der Waals surface area (Å²) in [4.78, 5) is 10.1. The molecule has 138 valence electrons. The van der Waals surface area contributed by atoms with Crippen molar-refractivity contribution in [2.45, 2.75) is 13.5 Å². The minimum Gasteiger partial charge on any atom is -0.488 e. The second kappa shape index (κ2) is 7.49. The molecule has 0 radical (unpaired) electrons. The first-order valence-corrected chi connectivity index (χ1v) is 7.97. The number of ether oxygens (including phenoxy) is 1. The number of nitrogens with zero attached hydrogens (tertiary/aromatic N) is 1. The highest BCUT2D eigenvalue weighted by Crippen LogP contribution is 2.37. The molecule has 0 aliphatic heterocycles. The van der Waals surface area contributed by atoms with Gasteiger partial charge in [0.05, 0.1) is 11.0 Å². The molecule has 0 amide bonds. The minimum atomic E-state index is -1.16. The van der Waals surface area contributed by atoms with Gasteiger partial charge in [0.25, 0.3) is 0 Å². The van der Waals surface area contributed by atoms with Crippen molar-refractivity contribution < 1.29 is 22.8 Å². The van der Waals surface area contributed by atoms with E-state index in [1.165, 1.54) is 6.92 Å². The summed E-state index contributed by atoms with van der Waals surface area (Å²) in [5.41, 5.74) is -0.313. The molecule has 3 rings (SSSR count).